The van der Waals surface area contributed by atoms with Gasteiger partial charge in [-0.05, 0) is 20.8 Å². The Kier molecular flexibility index (Phi) is 2.99. The zero-order valence-electron chi connectivity index (χ0n) is 10.5. The summed E-state index contributed by atoms with van der Waals surface area (Å²) in [4.78, 5) is 2.43. The molecule has 16 heavy (non-hydrogen) atoms. The highest BCUT2D eigenvalue weighted by Gasteiger charge is 2.33. The summed E-state index contributed by atoms with van der Waals surface area (Å²) in [5.74, 6) is 0. The molecule has 0 N–H and O–H groups in total. The quantitative estimate of drug-likeness (QED) is 0.746. The molecule has 1 fully saturated rings. The molecule has 1 aliphatic heterocycles. The van der Waals surface area contributed by atoms with Gasteiger partial charge < -0.3 is 4.74 Å². The van der Waals surface area contributed by atoms with Gasteiger partial charge in [0, 0.05) is 25.7 Å². The lowest BCUT2D eigenvalue weighted by atomic mass is 10.0. The number of morpholine rings is 1. The Hall–Kier alpha value is -0.940. The molecule has 90 valence electrons. The Morgan fingerprint density at radius 1 is 1.56 bits per heavy atom. The first-order chi connectivity index (χ1) is 7.49. The van der Waals surface area contributed by atoms with Gasteiger partial charge in [-0.3, -0.25) is 9.58 Å². The minimum absolute atomic E-state index is 0.0801. The van der Waals surface area contributed by atoms with E-state index in [1.54, 1.807) is 0 Å². The van der Waals surface area contributed by atoms with Gasteiger partial charge in [-0.2, -0.15) is 0 Å². The Labute approximate surface area is 96.4 Å². The van der Waals surface area contributed by atoms with Crippen molar-refractivity contribution in [3.8, 4) is 0 Å². The summed E-state index contributed by atoms with van der Waals surface area (Å²) in [7, 11) is 1.93. The van der Waals surface area contributed by atoms with Crippen molar-refractivity contribution in [1.82, 2.24) is 19.9 Å². The number of hydrogen-bond acceptors (Lipinski definition) is 4. The highest BCUT2D eigenvalue weighted by atomic mass is 16.5. The standard InChI is InChI=1S/C11H20N4O/c1-9-6-15(11(2,3)8-16-9)7-10-5-12-13-14(10)4/h5,9H,6-8H2,1-4H3. The first-order valence-corrected chi connectivity index (χ1v) is 5.69. The SMILES string of the molecule is CC1CN(Cc2cnnn2C)C(C)(C)CO1. The molecule has 2 heterocycles. The van der Waals surface area contributed by atoms with Crippen molar-refractivity contribution in [3.05, 3.63) is 11.9 Å². The molecule has 0 aromatic carbocycles. The van der Waals surface area contributed by atoms with Crippen molar-refractivity contribution < 1.29 is 4.74 Å². The average Bonchev–Trinajstić information content (AvgIpc) is 2.59. The summed E-state index contributed by atoms with van der Waals surface area (Å²) in [5, 5.41) is 7.87. The normalized spacial score (nSPS) is 25.9. The van der Waals surface area contributed by atoms with Gasteiger partial charge >= 0.3 is 0 Å². The topological polar surface area (TPSA) is 43.2 Å². The van der Waals surface area contributed by atoms with Gasteiger partial charge in [-0.25, -0.2) is 0 Å². The zero-order valence-corrected chi connectivity index (χ0v) is 10.5. The third-order valence-corrected chi connectivity index (χ3v) is 3.22. The van der Waals surface area contributed by atoms with Gasteiger partial charge in [-0.15, -0.1) is 5.10 Å². The van der Waals surface area contributed by atoms with Crippen LogP contribution >= 0.6 is 0 Å². The van der Waals surface area contributed by atoms with Crippen molar-refractivity contribution in [2.75, 3.05) is 13.2 Å². The second-order valence-corrected chi connectivity index (χ2v) is 5.16. The smallest absolute Gasteiger partial charge is 0.0738 e. The van der Waals surface area contributed by atoms with Crippen molar-refractivity contribution in [2.24, 2.45) is 7.05 Å². The summed E-state index contributed by atoms with van der Waals surface area (Å²) in [6.45, 7) is 9.15. The van der Waals surface area contributed by atoms with Crippen LogP contribution in [0.15, 0.2) is 6.20 Å². The summed E-state index contributed by atoms with van der Waals surface area (Å²) in [5.41, 5.74) is 1.22. The zero-order chi connectivity index (χ0) is 11.8. The van der Waals surface area contributed by atoms with Crippen molar-refractivity contribution in [3.63, 3.8) is 0 Å². The molecule has 2 rings (SSSR count). The van der Waals surface area contributed by atoms with Gasteiger partial charge in [0.05, 0.1) is 24.6 Å². The Balaban J connectivity index is 2.10. The molecule has 5 nitrogen and oxygen atoms in total. The lowest BCUT2D eigenvalue weighted by Crippen LogP contribution is -2.55. The van der Waals surface area contributed by atoms with E-state index >= 15 is 0 Å². The minimum Gasteiger partial charge on any atom is -0.375 e. The molecule has 5 heteroatoms. The van der Waals surface area contributed by atoms with Crippen LogP contribution in [-0.2, 0) is 18.3 Å². The molecular weight excluding hydrogens is 204 g/mol. The molecule has 1 aliphatic rings. The molecule has 1 saturated heterocycles. The number of hydrogen-bond donors (Lipinski definition) is 0. The van der Waals surface area contributed by atoms with Crippen LogP contribution in [0.2, 0.25) is 0 Å². The van der Waals surface area contributed by atoms with Gasteiger partial charge in [-0.1, -0.05) is 5.21 Å². The Morgan fingerprint density at radius 3 is 2.94 bits per heavy atom. The number of rotatable bonds is 2. The van der Waals surface area contributed by atoms with Crippen LogP contribution in [0.1, 0.15) is 26.5 Å². The molecule has 0 saturated carbocycles. The third-order valence-electron chi connectivity index (χ3n) is 3.22. The number of aryl methyl sites for hydroxylation is 1. The van der Waals surface area contributed by atoms with E-state index in [2.05, 4.69) is 36.0 Å². The molecular formula is C11H20N4O. The predicted octanol–water partition coefficient (Wildman–Crippen LogP) is 0.814. The molecule has 1 unspecified atom stereocenters. The van der Waals surface area contributed by atoms with Crippen LogP contribution in [-0.4, -0.2) is 44.7 Å². The fourth-order valence-electron chi connectivity index (χ4n) is 1.98. The molecule has 1 atom stereocenters. The molecule has 0 bridgehead atoms. The van der Waals surface area contributed by atoms with Crippen LogP contribution in [0.4, 0.5) is 0 Å². The molecule has 0 spiro atoms. The summed E-state index contributed by atoms with van der Waals surface area (Å²) >= 11 is 0. The maximum absolute atomic E-state index is 5.69. The van der Waals surface area contributed by atoms with Crippen molar-refractivity contribution in [2.45, 2.75) is 39.0 Å². The summed E-state index contributed by atoms with van der Waals surface area (Å²) < 4.78 is 7.52. The van der Waals surface area contributed by atoms with E-state index in [1.807, 2.05) is 17.9 Å². The summed E-state index contributed by atoms with van der Waals surface area (Å²) in [6.07, 6.45) is 2.13. The number of ether oxygens (including phenoxy) is 1. The molecule has 1 aromatic rings. The van der Waals surface area contributed by atoms with E-state index in [9.17, 15) is 0 Å². The van der Waals surface area contributed by atoms with Gasteiger partial charge in [0.25, 0.3) is 0 Å². The third kappa shape index (κ3) is 2.25. The Bertz CT molecular complexity index is 361. The van der Waals surface area contributed by atoms with Crippen LogP contribution in [0.5, 0.6) is 0 Å². The predicted molar refractivity (Wildman–Crippen MR) is 60.9 cm³/mol. The van der Waals surface area contributed by atoms with E-state index in [1.165, 1.54) is 0 Å². The van der Waals surface area contributed by atoms with Gasteiger partial charge in [0.1, 0.15) is 0 Å². The average molecular weight is 224 g/mol. The van der Waals surface area contributed by atoms with E-state index in [-0.39, 0.29) is 5.54 Å². The van der Waals surface area contributed by atoms with Crippen LogP contribution in [0.3, 0.4) is 0 Å². The monoisotopic (exact) mass is 224 g/mol. The van der Waals surface area contributed by atoms with Crippen LogP contribution in [0, 0.1) is 0 Å². The highest BCUT2D eigenvalue weighted by Crippen LogP contribution is 2.23. The van der Waals surface area contributed by atoms with Crippen molar-refractivity contribution in [1.29, 1.82) is 0 Å². The highest BCUT2D eigenvalue weighted by molar-refractivity contribution is 4.97. The fraction of sp³-hybridized carbons (Fsp3) is 0.818. The molecule has 0 radical (unpaired) electrons. The molecule has 0 aliphatic carbocycles. The van der Waals surface area contributed by atoms with Gasteiger partial charge in [0.2, 0.25) is 0 Å². The largest absolute Gasteiger partial charge is 0.375 e. The number of aromatic nitrogens is 3. The summed E-state index contributed by atoms with van der Waals surface area (Å²) in [6, 6.07) is 0. The number of nitrogens with zero attached hydrogens (tertiary/aromatic N) is 4. The first kappa shape index (κ1) is 11.5. The fourth-order valence-corrected chi connectivity index (χ4v) is 1.98. The maximum atomic E-state index is 5.69. The Morgan fingerprint density at radius 2 is 2.31 bits per heavy atom. The van der Waals surface area contributed by atoms with E-state index in [4.69, 9.17) is 4.74 Å². The second kappa shape index (κ2) is 4.14. The van der Waals surface area contributed by atoms with Crippen molar-refractivity contribution >= 4 is 0 Å². The maximum Gasteiger partial charge on any atom is 0.0738 e. The van der Waals surface area contributed by atoms with E-state index < -0.39 is 0 Å². The molecule has 0 amide bonds. The van der Waals surface area contributed by atoms with Crippen LogP contribution in [0.25, 0.3) is 0 Å². The lowest BCUT2D eigenvalue weighted by molar-refractivity contribution is -0.0956. The van der Waals surface area contributed by atoms with Gasteiger partial charge in [0.15, 0.2) is 0 Å². The van der Waals surface area contributed by atoms with E-state index in [0.717, 1.165) is 25.4 Å². The van der Waals surface area contributed by atoms with Crippen LogP contribution < -0.4 is 0 Å². The molecule has 1 aromatic heterocycles. The first-order valence-electron chi connectivity index (χ1n) is 5.69. The lowest BCUT2D eigenvalue weighted by Gasteiger charge is -2.44. The van der Waals surface area contributed by atoms with E-state index in [0.29, 0.717) is 6.10 Å². The minimum atomic E-state index is 0.0801. The second-order valence-electron chi connectivity index (χ2n) is 5.16.